The summed E-state index contributed by atoms with van der Waals surface area (Å²) < 4.78 is 11.8. The number of nitrogens with two attached hydrogens (primary N) is 1. The number of nitrogens with one attached hydrogen (secondary N) is 4. The average Bonchev–Trinajstić information content (AvgIpc) is 2.85. The van der Waals surface area contributed by atoms with Gasteiger partial charge in [-0.1, -0.05) is 0 Å². The Hall–Kier alpha value is -3.29. The van der Waals surface area contributed by atoms with Crippen LogP contribution in [-0.2, 0) is 32.5 Å². The zero-order chi connectivity index (χ0) is 28.0. The number of benzene rings is 1. The fourth-order valence-electron chi connectivity index (χ4n) is 2.64. The molecule has 0 saturated heterocycles. The normalized spacial score (nSPS) is 12.2. The summed E-state index contributed by atoms with van der Waals surface area (Å²) in [5.74, 6) is -5.13. The molecule has 0 radical (unpaired) electrons. The van der Waals surface area contributed by atoms with E-state index in [1.807, 2.05) is 0 Å². The summed E-state index contributed by atoms with van der Waals surface area (Å²) in [5.41, 5.74) is 5.93. The molecule has 0 aromatic heterocycles. The van der Waals surface area contributed by atoms with Gasteiger partial charge >= 0.3 is 167 Å². The van der Waals surface area contributed by atoms with Crippen molar-refractivity contribution in [1.29, 1.82) is 0 Å². The van der Waals surface area contributed by atoms with Gasteiger partial charge in [0.2, 0.25) is 0 Å². The van der Waals surface area contributed by atoms with Gasteiger partial charge in [0.25, 0.3) is 0 Å². The van der Waals surface area contributed by atoms with Crippen LogP contribution in [0.25, 0.3) is 0 Å². The molecule has 1 rings (SSSR count). The zero-order valence-corrected chi connectivity index (χ0v) is 22.5. The molecule has 0 aliphatic rings. The minimum Gasteiger partial charge on any atom is -0.480 e. The first-order chi connectivity index (χ1) is 17.5. The number of hydrogen-bond donors (Lipinski definition) is 7. The Morgan fingerprint density at radius 2 is 1.70 bits per heavy atom. The Labute approximate surface area is 222 Å². The number of carboxylic acids is 2. The maximum atomic E-state index is 12.5. The van der Waals surface area contributed by atoms with Crippen LogP contribution < -0.4 is 31.4 Å². The Kier molecular flexibility index (Phi) is 14.1. The molecule has 0 fully saturated rings. The van der Waals surface area contributed by atoms with Crippen molar-refractivity contribution < 1.29 is 42.7 Å². The summed E-state index contributed by atoms with van der Waals surface area (Å²) in [5, 5.41) is 27.3. The Balaban J connectivity index is 2.78. The molecule has 0 saturated carbocycles. The van der Waals surface area contributed by atoms with Crippen LogP contribution >= 0.6 is 11.8 Å². The zero-order valence-electron chi connectivity index (χ0n) is 19.8. The van der Waals surface area contributed by atoms with Gasteiger partial charge in [0, 0.05) is 6.42 Å². The first kappa shape index (κ1) is 31.7. The standard InChI is InChI=1S/C21H28AsN5O9S/c1-2-16(28)26-14-7-11(22-36)3-5-13(14)25-18(30)10-37-9-15(20(33)24-8-19(31)32)27-17(29)6-4-12(23)21(34)35/h3,5,7,12,15H,2,4,6,8-10,23H2,1H3,(H,24,33)(H,25,30)(H,26,28)(H,27,29)(H,31,32)(H,34,35). The molecule has 2 atom stereocenters. The Morgan fingerprint density at radius 3 is 2.30 bits per heavy atom. The van der Waals surface area contributed by atoms with Gasteiger partial charge in [-0.2, -0.15) is 0 Å². The molecule has 0 aliphatic carbocycles. The number of rotatable bonds is 16. The van der Waals surface area contributed by atoms with Crippen LogP contribution in [0.1, 0.15) is 26.2 Å². The number of carbonyl (C=O) groups excluding carboxylic acids is 4. The van der Waals surface area contributed by atoms with Crippen molar-refractivity contribution in [3.8, 4) is 0 Å². The molecule has 0 bridgehead atoms. The van der Waals surface area contributed by atoms with E-state index in [4.69, 9.17) is 15.9 Å². The first-order valence-corrected chi connectivity index (χ1v) is 13.7. The van der Waals surface area contributed by atoms with Crippen LogP contribution in [0.4, 0.5) is 11.4 Å². The molecular weight excluding hydrogens is 573 g/mol. The molecule has 4 amide bonds. The molecule has 0 heterocycles. The molecular formula is C21H28AsN5O9S. The molecule has 8 N–H and O–H groups in total. The minimum absolute atomic E-state index is 0.103. The molecule has 14 nitrogen and oxygen atoms in total. The molecule has 37 heavy (non-hydrogen) atoms. The third-order valence-electron chi connectivity index (χ3n) is 4.56. The van der Waals surface area contributed by atoms with E-state index in [0.717, 1.165) is 11.8 Å². The summed E-state index contributed by atoms with van der Waals surface area (Å²) in [4.78, 5) is 70.3. The van der Waals surface area contributed by atoms with E-state index in [9.17, 15) is 32.5 Å². The van der Waals surface area contributed by atoms with Crippen LogP contribution in [-0.4, -0.2) is 91.6 Å². The van der Waals surface area contributed by atoms with Crippen molar-refractivity contribution in [3.05, 3.63) is 18.2 Å². The number of carboxylic acid groups (broad SMARTS) is 2. The van der Waals surface area contributed by atoms with E-state index >= 15 is 0 Å². The second kappa shape index (κ2) is 16.5. The van der Waals surface area contributed by atoms with E-state index in [1.54, 1.807) is 13.0 Å². The molecule has 0 spiro atoms. The summed E-state index contributed by atoms with van der Waals surface area (Å²) in [6.45, 7) is 0.962. The predicted molar refractivity (Wildman–Crippen MR) is 135 cm³/mol. The van der Waals surface area contributed by atoms with E-state index in [1.165, 1.54) is 12.1 Å². The van der Waals surface area contributed by atoms with Gasteiger partial charge in [-0.15, -0.1) is 0 Å². The average molecular weight is 601 g/mol. The van der Waals surface area contributed by atoms with Crippen molar-refractivity contribution in [2.75, 3.05) is 28.7 Å². The number of amides is 4. The smallest absolute Gasteiger partial charge is 0.480 e. The Bertz CT molecular complexity index is 1040. The van der Waals surface area contributed by atoms with Crippen molar-refractivity contribution >= 4 is 78.7 Å². The van der Waals surface area contributed by atoms with Crippen molar-refractivity contribution in [2.24, 2.45) is 5.73 Å². The first-order valence-electron chi connectivity index (χ1n) is 10.9. The van der Waals surface area contributed by atoms with Crippen molar-refractivity contribution in [1.82, 2.24) is 10.6 Å². The molecule has 1 aromatic carbocycles. The predicted octanol–water partition coefficient (Wildman–Crippen LogP) is -1.74. The maximum absolute atomic E-state index is 12.5. The third kappa shape index (κ3) is 12.5. The SMILES string of the molecule is CCC(=O)Nc1cc([As]=O)ccc1NC(=O)CSCC(NC(=O)CCC(N)C(=O)O)C(=O)NCC(=O)O. The number of carbonyl (C=O) groups is 6. The quantitative estimate of drug-likeness (QED) is 0.105. The van der Waals surface area contributed by atoms with E-state index < -0.39 is 64.0 Å². The third-order valence-corrected chi connectivity index (χ3v) is 6.62. The number of hydrogen-bond acceptors (Lipinski definition) is 9. The molecule has 16 heteroatoms. The van der Waals surface area contributed by atoms with Gasteiger partial charge in [0.15, 0.2) is 0 Å². The molecule has 0 aliphatic heterocycles. The van der Waals surface area contributed by atoms with Crippen LogP contribution in [0.2, 0.25) is 0 Å². The number of aliphatic carboxylic acids is 2. The molecule has 2 unspecified atom stereocenters. The second-order valence-corrected chi connectivity index (χ2v) is 10.00. The van der Waals surface area contributed by atoms with E-state index in [2.05, 4.69) is 21.3 Å². The fourth-order valence-corrected chi connectivity index (χ4v) is 4.15. The molecule has 202 valence electrons. The van der Waals surface area contributed by atoms with Gasteiger partial charge in [0.05, 0.1) is 0 Å². The number of anilines is 2. The monoisotopic (exact) mass is 601 g/mol. The summed E-state index contributed by atoms with van der Waals surface area (Å²) >= 11 is -0.373. The van der Waals surface area contributed by atoms with Crippen molar-refractivity contribution in [3.63, 3.8) is 0 Å². The van der Waals surface area contributed by atoms with Crippen LogP contribution in [0.5, 0.6) is 0 Å². The van der Waals surface area contributed by atoms with Crippen molar-refractivity contribution in [2.45, 2.75) is 38.3 Å². The van der Waals surface area contributed by atoms with Gasteiger partial charge in [0.1, 0.15) is 12.6 Å². The van der Waals surface area contributed by atoms with E-state index in [0.29, 0.717) is 4.35 Å². The Morgan fingerprint density at radius 1 is 1.03 bits per heavy atom. The molecule has 1 aromatic rings. The summed E-state index contributed by atoms with van der Waals surface area (Å²) in [7, 11) is 0. The van der Waals surface area contributed by atoms with Crippen LogP contribution in [0.15, 0.2) is 18.2 Å². The minimum atomic E-state index is -1.34. The van der Waals surface area contributed by atoms with E-state index in [-0.39, 0.29) is 48.1 Å². The summed E-state index contributed by atoms with van der Waals surface area (Å²) in [6, 6.07) is 2.08. The van der Waals surface area contributed by atoms with Gasteiger partial charge in [-0.3, -0.25) is 14.4 Å². The van der Waals surface area contributed by atoms with Crippen LogP contribution in [0.3, 0.4) is 0 Å². The van der Waals surface area contributed by atoms with Gasteiger partial charge in [-0.25, -0.2) is 0 Å². The second-order valence-electron chi connectivity index (χ2n) is 7.50. The number of thioether (sulfide) groups is 1. The topological polar surface area (TPSA) is 234 Å². The fraction of sp³-hybridized carbons (Fsp3) is 0.429. The van der Waals surface area contributed by atoms with Gasteiger partial charge < -0.3 is 15.9 Å². The van der Waals surface area contributed by atoms with Gasteiger partial charge in [-0.05, 0) is 6.42 Å². The van der Waals surface area contributed by atoms with Crippen LogP contribution in [0, 0.1) is 0 Å². The summed E-state index contributed by atoms with van der Waals surface area (Å²) in [6.07, 6.45) is -0.267.